The maximum atomic E-state index is 6.36. The van der Waals surface area contributed by atoms with Crippen LogP contribution in [-0.4, -0.2) is 41.2 Å². The van der Waals surface area contributed by atoms with Gasteiger partial charge in [-0.15, -0.1) is 0 Å². The van der Waals surface area contributed by atoms with Crippen molar-refractivity contribution in [1.29, 1.82) is 0 Å². The van der Waals surface area contributed by atoms with Crippen molar-refractivity contribution in [2.24, 2.45) is 0 Å². The molecule has 0 aliphatic heterocycles. The standard InChI is InChI=1S/C21H28ClNO5/c1-5-27-9-10-28-21-15(7-6-8-18(21)24-2)13-23-14-16-11-19(25-3)20(26-4)12-17(16)22/h6-8,11-12,23H,5,9-10,13-14H2,1-4H3. The molecule has 28 heavy (non-hydrogen) atoms. The highest BCUT2D eigenvalue weighted by molar-refractivity contribution is 6.31. The second-order valence-electron chi connectivity index (χ2n) is 5.90. The first-order valence-corrected chi connectivity index (χ1v) is 9.49. The van der Waals surface area contributed by atoms with E-state index in [1.807, 2.05) is 31.2 Å². The van der Waals surface area contributed by atoms with Gasteiger partial charge >= 0.3 is 0 Å². The molecule has 2 aromatic carbocycles. The molecular weight excluding hydrogens is 382 g/mol. The molecule has 154 valence electrons. The average molecular weight is 410 g/mol. The lowest BCUT2D eigenvalue weighted by Crippen LogP contribution is -2.15. The van der Waals surface area contributed by atoms with E-state index in [2.05, 4.69) is 5.32 Å². The van der Waals surface area contributed by atoms with Crippen LogP contribution in [0.1, 0.15) is 18.1 Å². The van der Waals surface area contributed by atoms with Gasteiger partial charge in [-0.2, -0.15) is 0 Å². The Bertz CT molecular complexity index is 754. The Labute approximate surface area is 171 Å². The molecule has 0 atom stereocenters. The minimum atomic E-state index is 0.461. The Kier molecular flexibility index (Phi) is 9.20. The summed E-state index contributed by atoms with van der Waals surface area (Å²) in [6.07, 6.45) is 0. The molecule has 0 aliphatic rings. The molecule has 2 aromatic rings. The summed E-state index contributed by atoms with van der Waals surface area (Å²) < 4.78 is 27.3. The molecule has 1 N–H and O–H groups in total. The van der Waals surface area contributed by atoms with E-state index >= 15 is 0 Å². The first kappa shape index (κ1) is 22.1. The van der Waals surface area contributed by atoms with Gasteiger partial charge in [0.2, 0.25) is 0 Å². The van der Waals surface area contributed by atoms with Crippen LogP contribution in [0.5, 0.6) is 23.0 Å². The number of halogens is 1. The van der Waals surface area contributed by atoms with Gasteiger partial charge in [0.1, 0.15) is 6.61 Å². The summed E-state index contributed by atoms with van der Waals surface area (Å²) in [4.78, 5) is 0. The molecule has 0 unspecified atom stereocenters. The summed E-state index contributed by atoms with van der Waals surface area (Å²) in [7, 11) is 4.82. The predicted octanol–water partition coefficient (Wildman–Crippen LogP) is 4.07. The lowest BCUT2D eigenvalue weighted by Gasteiger charge is -2.16. The van der Waals surface area contributed by atoms with Gasteiger partial charge in [-0.25, -0.2) is 0 Å². The molecule has 0 bridgehead atoms. The number of hydrogen-bond acceptors (Lipinski definition) is 6. The zero-order valence-corrected chi connectivity index (χ0v) is 17.6. The zero-order chi connectivity index (χ0) is 20.4. The molecule has 2 rings (SSSR count). The third kappa shape index (κ3) is 5.92. The Morgan fingerprint density at radius 3 is 2.21 bits per heavy atom. The Morgan fingerprint density at radius 2 is 1.54 bits per heavy atom. The van der Waals surface area contributed by atoms with E-state index in [0.29, 0.717) is 55.2 Å². The Hall–Kier alpha value is -2.15. The van der Waals surface area contributed by atoms with Crippen molar-refractivity contribution < 1.29 is 23.7 Å². The largest absolute Gasteiger partial charge is 0.493 e. The van der Waals surface area contributed by atoms with Gasteiger partial charge in [-0.3, -0.25) is 0 Å². The van der Waals surface area contributed by atoms with E-state index in [-0.39, 0.29) is 0 Å². The van der Waals surface area contributed by atoms with Crippen molar-refractivity contribution in [1.82, 2.24) is 5.32 Å². The predicted molar refractivity (Wildman–Crippen MR) is 110 cm³/mol. The SMILES string of the molecule is CCOCCOc1c(CNCc2cc(OC)c(OC)cc2Cl)cccc1OC. The van der Waals surface area contributed by atoms with Crippen LogP contribution < -0.4 is 24.3 Å². The fourth-order valence-corrected chi connectivity index (χ4v) is 2.96. The zero-order valence-electron chi connectivity index (χ0n) is 16.8. The average Bonchev–Trinajstić information content (AvgIpc) is 2.72. The fraction of sp³-hybridized carbons (Fsp3) is 0.429. The maximum Gasteiger partial charge on any atom is 0.165 e. The van der Waals surface area contributed by atoms with Crippen molar-refractivity contribution in [2.75, 3.05) is 41.2 Å². The molecule has 0 spiro atoms. The van der Waals surface area contributed by atoms with E-state index in [0.717, 1.165) is 16.9 Å². The van der Waals surface area contributed by atoms with Crippen LogP contribution in [-0.2, 0) is 17.8 Å². The number of methoxy groups -OCH3 is 3. The molecule has 0 aliphatic carbocycles. The summed E-state index contributed by atoms with van der Waals surface area (Å²) in [5.74, 6) is 2.66. The summed E-state index contributed by atoms with van der Waals surface area (Å²) >= 11 is 6.36. The molecule has 7 heteroatoms. The van der Waals surface area contributed by atoms with Gasteiger partial charge in [-0.1, -0.05) is 23.7 Å². The van der Waals surface area contributed by atoms with E-state index < -0.39 is 0 Å². The topological polar surface area (TPSA) is 58.2 Å². The molecule has 0 heterocycles. The molecule has 0 amide bonds. The molecular formula is C21H28ClNO5. The van der Waals surface area contributed by atoms with Gasteiger partial charge in [0, 0.05) is 36.3 Å². The van der Waals surface area contributed by atoms with Crippen molar-refractivity contribution in [3.8, 4) is 23.0 Å². The van der Waals surface area contributed by atoms with Crippen LogP contribution in [0, 0.1) is 0 Å². The quantitative estimate of drug-likeness (QED) is 0.533. The van der Waals surface area contributed by atoms with Gasteiger partial charge < -0.3 is 29.0 Å². The fourth-order valence-electron chi connectivity index (χ4n) is 2.74. The molecule has 0 saturated heterocycles. The number of benzene rings is 2. The highest BCUT2D eigenvalue weighted by atomic mass is 35.5. The summed E-state index contributed by atoms with van der Waals surface area (Å²) in [5, 5.41) is 4.01. The van der Waals surface area contributed by atoms with Crippen LogP contribution in [0.15, 0.2) is 30.3 Å². The highest BCUT2D eigenvalue weighted by Crippen LogP contribution is 2.34. The van der Waals surface area contributed by atoms with Crippen LogP contribution in [0.25, 0.3) is 0 Å². The van der Waals surface area contributed by atoms with Gasteiger partial charge in [0.05, 0.1) is 27.9 Å². The number of rotatable bonds is 12. The third-order valence-corrected chi connectivity index (χ3v) is 4.49. The van der Waals surface area contributed by atoms with Crippen molar-refractivity contribution in [3.05, 3.63) is 46.5 Å². The lowest BCUT2D eigenvalue weighted by atomic mass is 10.1. The number of ether oxygens (including phenoxy) is 5. The number of nitrogens with one attached hydrogen (secondary N) is 1. The maximum absolute atomic E-state index is 6.36. The molecule has 6 nitrogen and oxygen atoms in total. The Balaban J connectivity index is 2.06. The van der Waals surface area contributed by atoms with Crippen LogP contribution in [0.4, 0.5) is 0 Å². The van der Waals surface area contributed by atoms with Gasteiger partial charge in [0.15, 0.2) is 23.0 Å². The first-order valence-electron chi connectivity index (χ1n) is 9.12. The molecule has 0 fully saturated rings. The van der Waals surface area contributed by atoms with Crippen LogP contribution in [0.2, 0.25) is 5.02 Å². The second kappa shape index (κ2) is 11.6. The normalized spacial score (nSPS) is 10.6. The summed E-state index contributed by atoms with van der Waals surface area (Å²) in [6, 6.07) is 9.45. The minimum absolute atomic E-state index is 0.461. The number of hydrogen-bond donors (Lipinski definition) is 1. The van der Waals surface area contributed by atoms with E-state index in [4.69, 9.17) is 35.3 Å². The monoisotopic (exact) mass is 409 g/mol. The molecule has 0 aromatic heterocycles. The van der Waals surface area contributed by atoms with Gasteiger partial charge in [0.25, 0.3) is 0 Å². The summed E-state index contributed by atoms with van der Waals surface area (Å²) in [5.41, 5.74) is 1.91. The van der Waals surface area contributed by atoms with Crippen molar-refractivity contribution in [2.45, 2.75) is 20.0 Å². The first-order chi connectivity index (χ1) is 13.6. The van der Waals surface area contributed by atoms with Gasteiger partial charge in [-0.05, 0) is 24.6 Å². The van der Waals surface area contributed by atoms with E-state index in [9.17, 15) is 0 Å². The minimum Gasteiger partial charge on any atom is -0.493 e. The highest BCUT2D eigenvalue weighted by Gasteiger charge is 2.12. The Morgan fingerprint density at radius 1 is 0.857 bits per heavy atom. The second-order valence-corrected chi connectivity index (χ2v) is 6.30. The molecule has 0 radical (unpaired) electrons. The van der Waals surface area contributed by atoms with Crippen LogP contribution >= 0.6 is 11.6 Å². The summed E-state index contributed by atoms with van der Waals surface area (Å²) in [6.45, 7) is 4.76. The van der Waals surface area contributed by atoms with Crippen LogP contribution in [0.3, 0.4) is 0 Å². The van der Waals surface area contributed by atoms with Crippen molar-refractivity contribution in [3.63, 3.8) is 0 Å². The lowest BCUT2D eigenvalue weighted by molar-refractivity contribution is 0.108. The van der Waals surface area contributed by atoms with E-state index in [1.165, 1.54) is 0 Å². The third-order valence-electron chi connectivity index (χ3n) is 4.14. The smallest absolute Gasteiger partial charge is 0.165 e. The molecule has 0 saturated carbocycles. The number of para-hydroxylation sites is 1. The van der Waals surface area contributed by atoms with E-state index in [1.54, 1.807) is 27.4 Å². The van der Waals surface area contributed by atoms with Crippen molar-refractivity contribution >= 4 is 11.6 Å².